The van der Waals surface area contributed by atoms with Gasteiger partial charge < -0.3 is 14.9 Å². The molecule has 0 aliphatic carbocycles. The summed E-state index contributed by atoms with van der Waals surface area (Å²) in [7, 11) is 0. The number of benzene rings is 1. The van der Waals surface area contributed by atoms with Crippen LogP contribution in [0, 0.1) is 0 Å². The zero-order valence-electron chi connectivity index (χ0n) is 9.11. The van der Waals surface area contributed by atoms with E-state index in [9.17, 15) is 18.3 Å². The number of ether oxygens (including phenoxy) is 1. The molecule has 2 N–H and O–H groups in total. The van der Waals surface area contributed by atoms with Crippen molar-refractivity contribution in [3.63, 3.8) is 0 Å². The van der Waals surface area contributed by atoms with Crippen LogP contribution in [0.5, 0.6) is 5.75 Å². The average molecular weight is 250 g/mol. The van der Waals surface area contributed by atoms with Crippen LogP contribution in [0.2, 0.25) is 0 Å². The highest BCUT2D eigenvalue weighted by molar-refractivity contribution is 5.27. The minimum absolute atomic E-state index is 0.171. The number of hydrogen-bond donors (Lipinski definition) is 2. The molecule has 1 aromatic rings. The van der Waals surface area contributed by atoms with Gasteiger partial charge in [-0.2, -0.15) is 0 Å². The quantitative estimate of drug-likeness (QED) is 0.857. The molecule has 3 nitrogen and oxygen atoms in total. The van der Waals surface area contributed by atoms with Gasteiger partial charge in [-0.05, 0) is 24.6 Å². The van der Waals surface area contributed by atoms with Crippen molar-refractivity contribution in [2.45, 2.75) is 31.9 Å². The van der Waals surface area contributed by atoms with Crippen molar-refractivity contribution in [1.29, 1.82) is 0 Å². The SMILES string of the molecule is CC(O)C(O)Cc1ccc(OC(F)(F)F)cc1. The topological polar surface area (TPSA) is 49.7 Å². The third kappa shape index (κ3) is 5.06. The zero-order valence-corrected chi connectivity index (χ0v) is 9.11. The molecule has 0 saturated heterocycles. The molecule has 0 aliphatic heterocycles. The first-order chi connectivity index (χ1) is 7.78. The highest BCUT2D eigenvalue weighted by atomic mass is 19.4. The van der Waals surface area contributed by atoms with Crippen LogP contribution in [0.15, 0.2) is 24.3 Å². The molecule has 0 saturated carbocycles. The predicted octanol–water partition coefficient (Wildman–Crippen LogP) is 1.87. The van der Waals surface area contributed by atoms with Crippen LogP contribution >= 0.6 is 0 Å². The van der Waals surface area contributed by atoms with Crippen LogP contribution in [-0.2, 0) is 6.42 Å². The van der Waals surface area contributed by atoms with Crippen molar-refractivity contribution >= 4 is 0 Å². The molecule has 0 aromatic heterocycles. The van der Waals surface area contributed by atoms with E-state index >= 15 is 0 Å². The summed E-state index contributed by atoms with van der Waals surface area (Å²) in [6.45, 7) is 1.44. The molecule has 0 spiro atoms. The van der Waals surface area contributed by atoms with Crippen LogP contribution in [0.1, 0.15) is 12.5 Å². The molecule has 0 aliphatic rings. The first kappa shape index (κ1) is 13.8. The van der Waals surface area contributed by atoms with Crippen molar-refractivity contribution in [3.05, 3.63) is 29.8 Å². The maximum atomic E-state index is 11.9. The molecule has 96 valence electrons. The Kier molecular flexibility index (Phi) is 4.36. The zero-order chi connectivity index (χ0) is 13.1. The van der Waals surface area contributed by atoms with Gasteiger partial charge in [-0.3, -0.25) is 0 Å². The smallest absolute Gasteiger partial charge is 0.406 e. The van der Waals surface area contributed by atoms with Crippen LogP contribution in [-0.4, -0.2) is 28.8 Å². The molecule has 6 heteroatoms. The second-order valence-electron chi connectivity index (χ2n) is 3.70. The van der Waals surface area contributed by atoms with Crippen LogP contribution < -0.4 is 4.74 Å². The highest BCUT2D eigenvalue weighted by Crippen LogP contribution is 2.23. The molecule has 0 heterocycles. The number of aliphatic hydroxyl groups excluding tert-OH is 2. The van der Waals surface area contributed by atoms with E-state index in [1.54, 1.807) is 0 Å². The first-order valence-corrected chi connectivity index (χ1v) is 4.99. The molecule has 0 bridgehead atoms. The van der Waals surface area contributed by atoms with Gasteiger partial charge in [0.2, 0.25) is 0 Å². The summed E-state index contributed by atoms with van der Waals surface area (Å²) in [6, 6.07) is 5.15. The van der Waals surface area contributed by atoms with Gasteiger partial charge in [0.25, 0.3) is 0 Å². The van der Waals surface area contributed by atoms with E-state index in [1.165, 1.54) is 19.1 Å². The molecule has 2 atom stereocenters. The van der Waals surface area contributed by atoms with Gasteiger partial charge in [-0.1, -0.05) is 12.1 Å². The van der Waals surface area contributed by atoms with Crippen molar-refractivity contribution in [1.82, 2.24) is 0 Å². The second-order valence-corrected chi connectivity index (χ2v) is 3.70. The lowest BCUT2D eigenvalue weighted by molar-refractivity contribution is -0.274. The molecule has 17 heavy (non-hydrogen) atoms. The Bertz CT molecular complexity index is 346. The summed E-state index contributed by atoms with van der Waals surface area (Å²) in [5.74, 6) is -0.312. The van der Waals surface area contributed by atoms with E-state index in [2.05, 4.69) is 4.74 Å². The summed E-state index contributed by atoms with van der Waals surface area (Å²) in [4.78, 5) is 0. The second kappa shape index (κ2) is 5.37. The molecule has 1 rings (SSSR count). The standard InChI is InChI=1S/C11H13F3O3/c1-7(15)10(16)6-8-2-4-9(5-3-8)17-11(12,13)14/h2-5,7,10,15-16H,6H2,1H3. The van der Waals surface area contributed by atoms with E-state index in [0.29, 0.717) is 5.56 Å². The number of rotatable bonds is 4. The number of aliphatic hydroxyl groups is 2. The van der Waals surface area contributed by atoms with Crippen molar-refractivity contribution in [2.24, 2.45) is 0 Å². The van der Waals surface area contributed by atoms with Crippen molar-refractivity contribution < 1.29 is 28.1 Å². The van der Waals surface area contributed by atoms with Gasteiger partial charge in [0.1, 0.15) is 5.75 Å². The Morgan fingerprint density at radius 2 is 1.71 bits per heavy atom. The molecular weight excluding hydrogens is 237 g/mol. The Morgan fingerprint density at radius 1 is 1.18 bits per heavy atom. The van der Waals surface area contributed by atoms with Gasteiger partial charge in [0.05, 0.1) is 12.2 Å². The Hall–Kier alpha value is -1.27. The fraction of sp³-hybridized carbons (Fsp3) is 0.455. The van der Waals surface area contributed by atoms with E-state index in [4.69, 9.17) is 5.11 Å². The molecule has 0 fully saturated rings. The largest absolute Gasteiger partial charge is 0.573 e. The molecular formula is C11H13F3O3. The fourth-order valence-corrected chi connectivity index (χ4v) is 1.24. The third-order valence-corrected chi connectivity index (χ3v) is 2.16. The van der Waals surface area contributed by atoms with E-state index < -0.39 is 18.6 Å². The summed E-state index contributed by atoms with van der Waals surface area (Å²) < 4.78 is 39.3. The van der Waals surface area contributed by atoms with E-state index in [-0.39, 0.29) is 12.2 Å². The van der Waals surface area contributed by atoms with Crippen LogP contribution in [0.25, 0.3) is 0 Å². The average Bonchev–Trinajstić information content (AvgIpc) is 2.18. The fourth-order valence-electron chi connectivity index (χ4n) is 1.24. The predicted molar refractivity (Wildman–Crippen MR) is 54.5 cm³/mol. The van der Waals surface area contributed by atoms with Crippen LogP contribution in [0.4, 0.5) is 13.2 Å². The monoisotopic (exact) mass is 250 g/mol. The minimum atomic E-state index is -4.71. The number of halogens is 3. The highest BCUT2D eigenvalue weighted by Gasteiger charge is 2.30. The Labute approximate surface area is 96.5 Å². The van der Waals surface area contributed by atoms with Gasteiger partial charge in [0, 0.05) is 6.42 Å². The maximum Gasteiger partial charge on any atom is 0.573 e. The molecule has 0 amide bonds. The van der Waals surface area contributed by atoms with Gasteiger partial charge in [0.15, 0.2) is 0 Å². The third-order valence-electron chi connectivity index (χ3n) is 2.16. The summed E-state index contributed by atoms with van der Waals surface area (Å²) in [5, 5.41) is 18.4. The first-order valence-electron chi connectivity index (χ1n) is 4.99. The van der Waals surface area contributed by atoms with Crippen molar-refractivity contribution in [2.75, 3.05) is 0 Å². The number of hydrogen-bond acceptors (Lipinski definition) is 3. The summed E-state index contributed by atoms with van der Waals surface area (Å²) in [5.41, 5.74) is 0.618. The maximum absolute atomic E-state index is 11.9. The summed E-state index contributed by atoms with van der Waals surface area (Å²) >= 11 is 0. The molecule has 2 unspecified atom stereocenters. The lowest BCUT2D eigenvalue weighted by Gasteiger charge is -2.14. The summed E-state index contributed by atoms with van der Waals surface area (Å²) in [6.07, 6.45) is -6.37. The van der Waals surface area contributed by atoms with E-state index in [1.807, 2.05) is 0 Å². The van der Waals surface area contributed by atoms with Crippen LogP contribution in [0.3, 0.4) is 0 Å². The number of alkyl halides is 3. The van der Waals surface area contributed by atoms with Gasteiger partial charge in [-0.25, -0.2) is 0 Å². The van der Waals surface area contributed by atoms with Gasteiger partial charge in [-0.15, -0.1) is 13.2 Å². The lowest BCUT2D eigenvalue weighted by atomic mass is 10.0. The molecule has 1 aromatic carbocycles. The van der Waals surface area contributed by atoms with E-state index in [0.717, 1.165) is 12.1 Å². The molecule has 0 radical (unpaired) electrons. The Balaban J connectivity index is 2.62. The van der Waals surface area contributed by atoms with Gasteiger partial charge >= 0.3 is 6.36 Å². The van der Waals surface area contributed by atoms with Crippen molar-refractivity contribution in [3.8, 4) is 5.75 Å². The Morgan fingerprint density at radius 3 is 2.12 bits per heavy atom. The normalized spacial score (nSPS) is 15.4. The minimum Gasteiger partial charge on any atom is -0.406 e. The lowest BCUT2D eigenvalue weighted by Crippen LogP contribution is -2.24.